The van der Waals surface area contributed by atoms with Gasteiger partial charge in [0.1, 0.15) is 4.83 Å². The highest BCUT2D eigenvalue weighted by molar-refractivity contribution is 7.99. The van der Waals surface area contributed by atoms with Crippen molar-refractivity contribution in [3.8, 4) is 0 Å². The normalized spacial score (nSPS) is 13.2. The van der Waals surface area contributed by atoms with Crippen molar-refractivity contribution < 1.29 is 4.79 Å². The zero-order valence-corrected chi connectivity index (χ0v) is 19.7. The lowest BCUT2D eigenvalue weighted by molar-refractivity contribution is -0.127. The summed E-state index contributed by atoms with van der Waals surface area (Å²) in [6.07, 6.45) is 5.99. The van der Waals surface area contributed by atoms with Crippen LogP contribution in [0.1, 0.15) is 34.4 Å². The van der Waals surface area contributed by atoms with Gasteiger partial charge in [-0.1, -0.05) is 42.1 Å². The summed E-state index contributed by atoms with van der Waals surface area (Å²) in [5, 5.41) is 1.36. The Morgan fingerprint density at radius 3 is 2.87 bits per heavy atom. The Labute approximate surface area is 190 Å². The maximum Gasteiger partial charge on any atom is 0.263 e. The van der Waals surface area contributed by atoms with Crippen LogP contribution in [0, 0.1) is 6.92 Å². The molecule has 1 aliphatic rings. The highest BCUT2D eigenvalue weighted by Crippen LogP contribution is 2.34. The van der Waals surface area contributed by atoms with Crippen LogP contribution in [0.15, 0.2) is 46.9 Å². The molecule has 0 radical (unpaired) electrons. The molecule has 4 rings (SSSR count). The van der Waals surface area contributed by atoms with Gasteiger partial charge in [0.05, 0.1) is 11.1 Å². The second-order valence-electron chi connectivity index (χ2n) is 7.95. The van der Waals surface area contributed by atoms with Gasteiger partial charge in [-0.05, 0) is 49.3 Å². The number of aryl methyl sites for hydroxylation is 3. The van der Waals surface area contributed by atoms with E-state index in [1.807, 2.05) is 25.2 Å². The molecule has 3 aromatic rings. The van der Waals surface area contributed by atoms with Gasteiger partial charge in [-0.15, -0.1) is 17.9 Å². The first-order chi connectivity index (χ1) is 15.0. The molecule has 0 atom stereocenters. The van der Waals surface area contributed by atoms with Crippen molar-refractivity contribution in [2.24, 2.45) is 0 Å². The largest absolute Gasteiger partial charge is 0.341 e. The van der Waals surface area contributed by atoms with Crippen LogP contribution in [0.3, 0.4) is 0 Å². The van der Waals surface area contributed by atoms with E-state index in [1.54, 1.807) is 26.9 Å². The first-order valence-electron chi connectivity index (χ1n) is 10.6. The number of thioether (sulfide) groups is 1. The lowest BCUT2D eigenvalue weighted by Crippen LogP contribution is -2.29. The summed E-state index contributed by atoms with van der Waals surface area (Å²) in [7, 11) is 1.82. The Hall–Kier alpha value is -2.38. The first kappa shape index (κ1) is 21.8. The van der Waals surface area contributed by atoms with Gasteiger partial charge >= 0.3 is 0 Å². The van der Waals surface area contributed by atoms with Gasteiger partial charge in [-0.25, -0.2) is 4.98 Å². The molecule has 0 aliphatic heterocycles. The molecule has 5 nitrogen and oxygen atoms in total. The van der Waals surface area contributed by atoms with Gasteiger partial charge in [-0.3, -0.25) is 14.2 Å². The molecule has 2 aromatic heterocycles. The van der Waals surface area contributed by atoms with Crippen LogP contribution in [0.4, 0.5) is 0 Å². The number of nitrogens with zero attached hydrogens (tertiary/aromatic N) is 3. The van der Waals surface area contributed by atoms with Crippen molar-refractivity contribution >= 4 is 39.2 Å². The van der Waals surface area contributed by atoms with Crippen LogP contribution >= 0.6 is 23.1 Å². The zero-order chi connectivity index (χ0) is 22.0. The second-order valence-corrected chi connectivity index (χ2v) is 9.98. The Morgan fingerprint density at radius 2 is 2.10 bits per heavy atom. The summed E-state index contributed by atoms with van der Waals surface area (Å²) < 4.78 is 1.66. The number of carbonyl (C=O) groups excluding carboxylic acids is 1. The first-order valence-corrected chi connectivity index (χ1v) is 12.4. The van der Waals surface area contributed by atoms with Crippen molar-refractivity contribution in [1.29, 1.82) is 0 Å². The monoisotopic (exact) mass is 453 g/mol. The number of aromatic nitrogens is 2. The molecule has 162 valence electrons. The van der Waals surface area contributed by atoms with Gasteiger partial charge in [0, 0.05) is 25.0 Å². The third-order valence-electron chi connectivity index (χ3n) is 5.77. The number of hydrogen-bond donors (Lipinski definition) is 0. The molecular formula is C24H27N3O2S2. The van der Waals surface area contributed by atoms with E-state index in [0.717, 1.165) is 35.0 Å². The van der Waals surface area contributed by atoms with E-state index in [4.69, 9.17) is 4.98 Å². The van der Waals surface area contributed by atoms with Crippen molar-refractivity contribution in [3.05, 3.63) is 68.8 Å². The van der Waals surface area contributed by atoms with Gasteiger partial charge in [-0.2, -0.15) is 0 Å². The van der Waals surface area contributed by atoms with Crippen LogP contribution in [0.5, 0.6) is 0 Å². The van der Waals surface area contributed by atoms with Crippen molar-refractivity contribution in [3.63, 3.8) is 0 Å². The fourth-order valence-electron chi connectivity index (χ4n) is 3.99. The fourth-order valence-corrected chi connectivity index (χ4v) is 6.24. The number of rotatable bonds is 7. The van der Waals surface area contributed by atoms with Crippen molar-refractivity contribution in [2.75, 3.05) is 12.8 Å². The van der Waals surface area contributed by atoms with Crippen molar-refractivity contribution in [1.82, 2.24) is 14.5 Å². The van der Waals surface area contributed by atoms with Gasteiger partial charge in [0.15, 0.2) is 5.16 Å². The summed E-state index contributed by atoms with van der Waals surface area (Å²) in [6.45, 7) is 6.81. The van der Waals surface area contributed by atoms with E-state index < -0.39 is 0 Å². The van der Waals surface area contributed by atoms with Crippen LogP contribution in [-0.2, 0) is 30.7 Å². The van der Waals surface area contributed by atoms with E-state index in [-0.39, 0.29) is 17.2 Å². The SMILES string of the molecule is C=CCn1c(SCC(=O)N(C)Cc2ccccc2C)nc2sc3c(c2c1=O)CCCC3. The van der Waals surface area contributed by atoms with Gasteiger partial charge in [0.2, 0.25) is 5.91 Å². The summed E-state index contributed by atoms with van der Waals surface area (Å²) in [4.78, 5) is 34.7. The van der Waals surface area contributed by atoms with E-state index >= 15 is 0 Å². The quantitative estimate of drug-likeness (QED) is 0.298. The van der Waals surface area contributed by atoms with Gasteiger partial charge in [0.25, 0.3) is 5.56 Å². The number of fused-ring (bicyclic) bond motifs is 3. The molecule has 2 heterocycles. The molecule has 7 heteroatoms. The number of allylic oxidation sites excluding steroid dienone is 1. The molecule has 1 aromatic carbocycles. The number of carbonyl (C=O) groups is 1. The maximum absolute atomic E-state index is 13.3. The summed E-state index contributed by atoms with van der Waals surface area (Å²) in [6, 6.07) is 8.08. The molecule has 1 aliphatic carbocycles. The maximum atomic E-state index is 13.3. The topological polar surface area (TPSA) is 55.2 Å². The second kappa shape index (κ2) is 9.40. The number of thiophene rings is 1. The number of hydrogen-bond acceptors (Lipinski definition) is 5. The zero-order valence-electron chi connectivity index (χ0n) is 18.0. The van der Waals surface area contributed by atoms with E-state index in [9.17, 15) is 9.59 Å². The van der Waals surface area contributed by atoms with Crippen molar-refractivity contribution in [2.45, 2.75) is 50.9 Å². The summed E-state index contributed by atoms with van der Waals surface area (Å²) in [5.41, 5.74) is 3.48. The van der Waals surface area contributed by atoms with Crippen LogP contribution < -0.4 is 5.56 Å². The summed E-state index contributed by atoms with van der Waals surface area (Å²) >= 11 is 2.97. The standard InChI is InChI=1S/C24H27N3O2S2/c1-4-13-27-23(29)21-18-11-7-8-12-19(18)31-22(21)25-24(27)30-15-20(28)26(3)14-17-10-6-5-9-16(17)2/h4-6,9-10H,1,7-8,11-15H2,2-3H3. The minimum absolute atomic E-state index is 0.00693. The number of benzene rings is 1. The molecule has 1 amide bonds. The molecule has 0 N–H and O–H groups in total. The van der Waals surface area contributed by atoms with E-state index in [0.29, 0.717) is 18.2 Å². The molecule has 0 saturated heterocycles. The van der Waals surface area contributed by atoms with E-state index in [2.05, 4.69) is 19.6 Å². The Kier molecular flexibility index (Phi) is 6.62. The fraction of sp³-hybridized carbons (Fsp3) is 0.375. The molecule has 0 spiro atoms. The van der Waals surface area contributed by atoms with Crippen LogP contribution in [-0.4, -0.2) is 33.2 Å². The minimum atomic E-state index is -0.00693. The van der Waals surface area contributed by atoms with Crippen LogP contribution in [0.2, 0.25) is 0 Å². The molecule has 31 heavy (non-hydrogen) atoms. The third kappa shape index (κ3) is 4.48. The average Bonchev–Trinajstić information content (AvgIpc) is 3.14. The number of amides is 1. The van der Waals surface area contributed by atoms with E-state index in [1.165, 1.54) is 34.2 Å². The Bertz CT molecular complexity index is 1200. The predicted molar refractivity (Wildman–Crippen MR) is 129 cm³/mol. The highest BCUT2D eigenvalue weighted by atomic mass is 32.2. The highest BCUT2D eigenvalue weighted by Gasteiger charge is 2.22. The summed E-state index contributed by atoms with van der Waals surface area (Å²) in [5.74, 6) is 0.251. The molecule has 0 unspecified atom stereocenters. The third-order valence-corrected chi connectivity index (χ3v) is 7.92. The van der Waals surface area contributed by atoms with Crippen LogP contribution in [0.25, 0.3) is 10.2 Å². The average molecular weight is 454 g/mol. The lowest BCUT2D eigenvalue weighted by Gasteiger charge is -2.18. The smallest absolute Gasteiger partial charge is 0.263 e. The predicted octanol–water partition coefficient (Wildman–Crippen LogP) is 4.58. The molecule has 0 saturated carbocycles. The molecule has 0 fully saturated rings. The van der Waals surface area contributed by atoms with Gasteiger partial charge < -0.3 is 4.90 Å². The minimum Gasteiger partial charge on any atom is -0.341 e. The Balaban J connectivity index is 1.56. The molecule has 0 bridgehead atoms. The molecular weight excluding hydrogens is 426 g/mol. The Morgan fingerprint density at radius 1 is 1.32 bits per heavy atom. The lowest BCUT2D eigenvalue weighted by atomic mass is 9.97.